The Morgan fingerprint density at radius 1 is 1.20 bits per heavy atom. The normalized spacial score (nSPS) is 23.5. The number of nitrogens with zero attached hydrogens (tertiary/aromatic N) is 4. The highest BCUT2D eigenvalue weighted by Gasteiger charge is 2.48. The van der Waals surface area contributed by atoms with E-state index in [1.54, 1.807) is 18.6 Å². The molecule has 0 aromatic carbocycles. The fourth-order valence-electron chi connectivity index (χ4n) is 5.65. The molecule has 2 atom stereocenters. The molecule has 3 aliphatic rings. The van der Waals surface area contributed by atoms with Crippen LogP contribution in [0.2, 0.25) is 0 Å². The Hall–Kier alpha value is -3.40. The van der Waals surface area contributed by atoms with E-state index < -0.39 is 5.82 Å². The summed E-state index contributed by atoms with van der Waals surface area (Å²) in [5.41, 5.74) is 2.08. The first-order valence-corrected chi connectivity index (χ1v) is 12.8. The molecule has 0 unspecified atom stereocenters. The predicted molar refractivity (Wildman–Crippen MR) is 131 cm³/mol. The average molecular weight is 493 g/mol. The molecule has 0 spiro atoms. The van der Waals surface area contributed by atoms with Crippen molar-refractivity contribution in [1.82, 2.24) is 24.9 Å². The van der Waals surface area contributed by atoms with Gasteiger partial charge in [-0.3, -0.25) is 9.78 Å². The van der Waals surface area contributed by atoms with Crippen molar-refractivity contribution in [2.24, 2.45) is 17.8 Å². The number of carbonyl (C=O) groups excluding carboxylic acids is 1. The molecular formula is C25H25FN6O2S. The van der Waals surface area contributed by atoms with Gasteiger partial charge < -0.3 is 15.0 Å². The van der Waals surface area contributed by atoms with Crippen molar-refractivity contribution >= 4 is 34.3 Å². The first-order chi connectivity index (χ1) is 17.1. The third-order valence-corrected chi connectivity index (χ3v) is 8.11. The lowest BCUT2D eigenvalue weighted by molar-refractivity contribution is -0.154. The van der Waals surface area contributed by atoms with Crippen molar-refractivity contribution in [1.29, 1.82) is 0 Å². The highest BCUT2D eigenvalue weighted by molar-refractivity contribution is 7.13. The second-order valence-electron chi connectivity index (χ2n) is 9.11. The van der Waals surface area contributed by atoms with E-state index in [9.17, 15) is 4.79 Å². The summed E-state index contributed by atoms with van der Waals surface area (Å²) in [5.74, 6) is -0.103. The maximum Gasteiger partial charge on any atom is 0.311 e. The van der Waals surface area contributed by atoms with Crippen LogP contribution in [0.1, 0.15) is 32.6 Å². The standard InChI is InChI=1S/C25H25FN6O2S/c1-2-34-25(33)17-13-5-7-14(8-6-13)19(17)30-23-18(26)21(16-4-3-11-35-16)31-22(32-23)15-12-29-24-20(15)27-9-10-28-24/h3-4,9-14,17,19H,2,5-8H2,1H3,(H,28,29)(H,30,31,32)/t13?,14?,17-,19-/m1/s1. The molecule has 4 aromatic rings. The Bertz CT molecular complexity index is 1370. The van der Waals surface area contributed by atoms with Crippen LogP contribution in [0.3, 0.4) is 0 Å². The molecule has 0 aliphatic heterocycles. The quantitative estimate of drug-likeness (QED) is 0.362. The number of esters is 1. The Morgan fingerprint density at radius 3 is 2.77 bits per heavy atom. The Balaban J connectivity index is 1.45. The molecule has 8 nitrogen and oxygen atoms in total. The lowest BCUT2D eigenvalue weighted by Crippen LogP contribution is -2.52. The van der Waals surface area contributed by atoms with E-state index in [1.807, 2.05) is 24.4 Å². The summed E-state index contributed by atoms with van der Waals surface area (Å²) in [6, 6.07) is 3.46. The van der Waals surface area contributed by atoms with Crippen molar-refractivity contribution < 1.29 is 13.9 Å². The fourth-order valence-corrected chi connectivity index (χ4v) is 6.36. The van der Waals surface area contributed by atoms with Crippen molar-refractivity contribution in [2.45, 2.75) is 38.6 Å². The molecule has 10 heteroatoms. The van der Waals surface area contributed by atoms with Gasteiger partial charge in [0.2, 0.25) is 0 Å². The second kappa shape index (κ2) is 8.99. The lowest BCUT2D eigenvalue weighted by Gasteiger charge is -2.47. The molecule has 3 saturated carbocycles. The number of fused-ring (bicyclic) bond motifs is 4. The van der Waals surface area contributed by atoms with Crippen LogP contribution >= 0.6 is 11.3 Å². The van der Waals surface area contributed by atoms with E-state index >= 15 is 4.39 Å². The van der Waals surface area contributed by atoms with Gasteiger partial charge in [-0.2, -0.15) is 0 Å². The first-order valence-electron chi connectivity index (χ1n) is 12.0. The van der Waals surface area contributed by atoms with E-state index in [-0.39, 0.29) is 41.3 Å². The van der Waals surface area contributed by atoms with Crippen LogP contribution < -0.4 is 5.32 Å². The number of hydrogen-bond donors (Lipinski definition) is 2. The van der Waals surface area contributed by atoms with Gasteiger partial charge in [0.1, 0.15) is 11.2 Å². The van der Waals surface area contributed by atoms with Gasteiger partial charge in [-0.15, -0.1) is 11.3 Å². The first kappa shape index (κ1) is 22.1. The zero-order chi connectivity index (χ0) is 23.9. The van der Waals surface area contributed by atoms with Crippen LogP contribution in [0.15, 0.2) is 36.1 Å². The van der Waals surface area contributed by atoms with Crippen LogP contribution in [-0.2, 0) is 9.53 Å². The minimum absolute atomic E-state index is 0.100. The van der Waals surface area contributed by atoms with Gasteiger partial charge in [0.25, 0.3) is 0 Å². The molecule has 2 bridgehead atoms. The molecule has 180 valence electrons. The largest absolute Gasteiger partial charge is 0.466 e. The van der Waals surface area contributed by atoms with E-state index in [4.69, 9.17) is 4.74 Å². The van der Waals surface area contributed by atoms with E-state index in [2.05, 4.69) is 30.2 Å². The number of H-pyrrole nitrogens is 1. The van der Waals surface area contributed by atoms with Crippen molar-refractivity contribution in [3.8, 4) is 22.0 Å². The maximum atomic E-state index is 15.9. The number of carbonyl (C=O) groups is 1. The number of ether oxygens (including phenoxy) is 1. The molecule has 0 radical (unpaired) electrons. The smallest absolute Gasteiger partial charge is 0.311 e. The number of halogens is 1. The number of aromatic amines is 1. The highest BCUT2D eigenvalue weighted by Crippen LogP contribution is 2.47. The van der Waals surface area contributed by atoms with Crippen LogP contribution in [0.4, 0.5) is 10.2 Å². The monoisotopic (exact) mass is 492 g/mol. The topological polar surface area (TPSA) is 106 Å². The van der Waals surface area contributed by atoms with E-state index in [0.29, 0.717) is 34.0 Å². The van der Waals surface area contributed by atoms with Crippen molar-refractivity contribution in [3.05, 3.63) is 41.9 Å². The van der Waals surface area contributed by atoms with Crippen LogP contribution in [0.5, 0.6) is 0 Å². The molecule has 3 aliphatic carbocycles. The molecule has 35 heavy (non-hydrogen) atoms. The molecule has 2 N–H and O–H groups in total. The summed E-state index contributed by atoms with van der Waals surface area (Å²) >= 11 is 1.41. The highest BCUT2D eigenvalue weighted by atomic mass is 32.1. The average Bonchev–Trinajstić information content (AvgIpc) is 3.56. The predicted octanol–water partition coefficient (Wildman–Crippen LogP) is 5.06. The summed E-state index contributed by atoms with van der Waals surface area (Å²) in [6.07, 6.45) is 8.96. The number of anilines is 1. The summed E-state index contributed by atoms with van der Waals surface area (Å²) in [6.45, 7) is 2.14. The number of thiophene rings is 1. The molecule has 3 fully saturated rings. The lowest BCUT2D eigenvalue weighted by atomic mass is 9.61. The van der Waals surface area contributed by atoms with Gasteiger partial charge in [-0.25, -0.2) is 19.3 Å². The van der Waals surface area contributed by atoms with Crippen LogP contribution in [-0.4, -0.2) is 43.5 Å². The van der Waals surface area contributed by atoms with Gasteiger partial charge in [0, 0.05) is 24.6 Å². The van der Waals surface area contributed by atoms with E-state index in [0.717, 1.165) is 25.7 Å². The van der Waals surface area contributed by atoms with E-state index in [1.165, 1.54) is 11.3 Å². The van der Waals surface area contributed by atoms with Gasteiger partial charge in [0.15, 0.2) is 23.1 Å². The minimum atomic E-state index is -0.522. The molecular weight excluding hydrogens is 467 g/mol. The summed E-state index contributed by atoms with van der Waals surface area (Å²) in [4.78, 5) is 34.6. The van der Waals surface area contributed by atoms with Crippen LogP contribution in [0.25, 0.3) is 33.1 Å². The Labute approximate surface area is 205 Å². The Morgan fingerprint density at radius 2 is 2.00 bits per heavy atom. The third kappa shape index (κ3) is 3.85. The summed E-state index contributed by atoms with van der Waals surface area (Å²) in [7, 11) is 0. The molecule has 4 heterocycles. The molecule has 7 rings (SSSR count). The zero-order valence-corrected chi connectivity index (χ0v) is 20.0. The second-order valence-corrected chi connectivity index (χ2v) is 10.1. The third-order valence-electron chi connectivity index (χ3n) is 7.23. The number of nitrogens with one attached hydrogen (secondary N) is 2. The summed E-state index contributed by atoms with van der Waals surface area (Å²) < 4.78 is 21.3. The van der Waals surface area contributed by atoms with Crippen molar-refractivity contribution in [3.63, 3.8) is 0 Å². The molecule has 4 aromatic heterocycles. The minimum Gasteiger partial charge on any atom is -0.466 e. The van der Waals surface area contributed by atoms with Gasteiger partial charge in [-0.05, 0) is 55.9 Å². The van der Waals surface area contributed by atoms with Crippen molar-refractivity contribution in [2.75, 3.05) is 11.9 Å². The Kier molecular flexibility index (Phi) is 5.68. The van der Waals surface area contributed by atoms with Gasteiger partial charge in [0.05, 0.1) is 23.0 Å². The van der Waals surface area contributed by atoms with Crippen LogP contribution in [0, 0.1) is 23.6 Å². The number of aromatic nitrogens is 5. The molecule has 0 saturated heterocycles. The van der Waals surface area contributed by atoms with Gasteiger partial charge in [-0.1, -0.05) is 6.07 Å². The van der Waals surface area contributed by atoms with Gasteiger partial charge >= 0.3 is 5.97 Å². The number of hydrogen-bond acceptors (Lipinski definition) is 8. The summed E-state index contributed by atoms with van der Waals surface area (Å²) in [5, 5.41) is 5.24. The number of rotatable bonds is 6. The fraction of sp³-hybridized carbons (Fsp3) is 0.400. The zero-order valence-electron chi connectivity index (χ0n) is 19.2. The SMILES string of the molecule is CCOC(=O)[C@@H]1C2CCC(CC2)[C@H]1Nc1nc(-c2c[nH]c3nccnc23)nc(-c2cccs2)c1F. The maximum absolute atomic E-state index is 15.9. The molecule has 0 amide bonds.